The van der Waals surface area contributed by atoms with Crippen LogP contribution in [0.25, 0.3) is 0 Å². The zero-order valence-corrected chi connectivity index (χ0v) is 13.3. The number of fused-ring (bicyclic) bond motifs is 1. The lowest BCUT2D eigenvalue weighted by Crippen LogP contribution is -2.49. The molecule has 0 bridgehead atoms. The normalized spacial score (nSPS) is 41.1. The second kappa shape index (κ2) is 4.72. The molecule has 0 N–H and O–H groups in total. The van der Waals surface area contributed by atoms with Gasteiger partial charge >= 0.3 is 0 Å². The maximum Gasteiger partial charge on any atom is 0.00372 e. The molecule has 0 amide bonds. The lowest BCUT2D eigenvalue weighted by Gasteiger charge is -2.58. The molecule has 0 heterocycles. The molecule has 3 atom stereocenters. The Labute approximate surface area is 115 Å². The van der Waals surface area contributed by atoms with Crippen molar-refractivity contribution in [1.29, 1.82) is 0 Å². The zero-order valence-electron chi connectivity index (χ0n) is 11.7. The van der Waals surface area contributed by atoms with E-state index in [0.29, 0.717) is 10.8 Å². The van der Waals surface area contributed by atoms with Gasteiger partial charge in [-0.1, -0.05) is 55.3 Å². The van der Waals surface area contributed by atoms with Crippen molar-refractivity contribution in [3.63, 3.8) is 0 Å². The maximum absolute atomic E-state index is 4.38. The second-order valence-corrected chi connectivity index (χ2v) is 7.92. The van der Waals surface area contributed by atoms with Crippen LogP contribution in [0.3, 0.4) is 0 Å². The summed E-state index contributed by atoms with van der Waals surface area (Å²) >= 11 is 3.64. The van der Waals surface area contributed by atoms with Crippen molar-refractivity contribution in [1.82, 2.24) is 0 Å². The minimum absolute atomic E-state index is 0.519. The predicted molar refractivity (Wildman–Crippen MR) is 79.5 cm³/mol. The van der Waals surface area contributed by atoms with Crippen molar-refractivity contribution in [2.75, 3.05) is 5.33 Å². The van der Waals surface area contributed by atoms with Gasteiger partial charge < -0.3 is 0 Å². The summed E-state index contributed by atoms with van der Waals surface area (Å²) < 4.78 is 0. The van der Waals surface area contributed by atoms with Gasteiger partial charge in [-0.3, -0.25) is 0 Å². The molecule has 0 spiro atoms. The van der Waals surface area contributed by atoms with Crippen molar-refractivity contribution in [3.8, 4) is 0 Å². The monoisotopic (exact) mass is 298 g/mol. The molecule has 2 rings (SSSR count). The van der Waals surface area contributed by atoms with Gasteiger partial charge in [-0.2, -0.15) is 0 Å². The van der Waals surface area contributed by atoms with Crippen LogP contribution in [0.1, 0.15) is 59.3 Å². The molecule has 0 radical (unpaired) electrons. The van der Waals surface area contributed by atoms with Crippen LogP contribution < -0.4 is 0 Å². The Bertz CT molecular complexity index is 305. The molecule has 0 aromatic heterocycles. The van der Waals surface area contributed by atoms with Gasteiger partial charge in [-0.15, -0.1) is 0 Å². The Hall–Kier alpha value is 0.220. The first-order chi connectivity index (χ1) is 7.92. The van der Waals surface area contributed by atoms with E-state index in [4.69, 9.17) is 0 Å². The average Bonchev–Trinajstić information content (AvgIpc) is 2.22. The molecule has 2 aliphatic carbocycles. The van der Waals surface area contributed by atoms with Crippen molar-refractivity contribution < 1.29 is 0 Å². The smallest absolute Gasteiger partial charge is 0.00372 e. The van der Waals surface area contributed by atoms with E-state index in [1.807, 2.05) is 0 Å². The van der Waals surface area contributed by atoms with E-state index in [1.165, 1.54) is 44.1 Å². The largest absolute Gasteiger partial charge is 0.0996 e. The molecule has 98 valence electrons. The Morgan fingerprint density at radius 1 is 1.29 bits per heavy atom. The number of allylic oxidation sites excluding steroid dienone is 1. The molecule has 17 heavy (non-hydrogen) atoms. The highest BCUT2D eigenvalue weighted by Gasteiger charge is 2.52. The molecule has 2 saturated carbocycles. The minimum Gasteiger partial charge on any atom is -0.0996 e. The Balaban J connectivity index is 2.31. The van der Waals surface area contributed by atoms with Crippen LogP contribution in [-0.4, -0.2) is 5.33 Å². The topological polar surface area (TPSA) is 0 Å². The van der Waals surface area contributed by atoms with Crippen molar-refractivity contribution in [3.05, 3.63) is 12.2 Å². The highest BCUT2D eigenvalue weighted by Crippen LogP contribution is 2.61. The molecule has 2 aliphatic rings. The Kier molecular flexibility index (Phi) is 3.79. The molecule has 2 fully saturated rings. The summed E-state index contributed by atoms with van der Waals surface area (Å²) in [5.41, 5.74) is 2.59. The third kappa shape index (κ3) is 2.25. The first-order valence-corrected chi connectivity index (χ1v) is 8.27. The highest BCUT2D eigenvalue weighted by molar-refractivity contribution is 9.09. The lowest BCUT2D eigenvalue weighted by molar-refractivity contribution is -0.0524. The molecule has 0 aliphatic heterocycles. The molecular weight excluding hydrogens is 272 g/mol. The fourth-order valence-electron chi connectivity index (χ4n) is 4.92. The van der Waals surface area contributed by atoms with E-state index >= 15 is 0 Å². The summed E-state index contributed by atoms with van der Waals surface area (Å²) in [7, 11) is 0. The maximum atomic E-state index is 4.38. The van der Waals surface area contributed by atoms with E-state index in [-0.39, 0.29) is 0 Å². The highest BCUT2D eigenvalue weighted by atomic mass is 79.9. The second-order valence-electron chi connectivity index (χ2n) is 7.13. The van der Waals surface area contributed by atoms with E-state index in [1.54, 1.807) is 0 Å². The Morgan fingerprint density at radius 3 is 2.65 bits per heavy atom. The first kappa shape index (κ1) is 13.6. The zero-order chi connectivity index (χ0) is 12.7. The van der Waals surface area contributed by atoms with Crippen molar-refractivity contribution >= 4 is 15.9 Å². The van der Waals surface area contributed by atoms with Crippen LogP contribution in [-0.2, 0) is 0 Å². The van der Waals surface area contributed by atoms with E-state index in [0.717, 1.165) is 17.2 Å². The summed E-state index contributed by atoms with van der Waals surface area (Å²) in [5, 5.41) is 1.12. The lowest BCUT2D eigenvalue weighted by atomic mass is 9.47. The van der Waals surface area contributed by atoms with Crippen LogP contribution in [0.4, 0.5) is 0 Å². The summed E-state index contributed by atoms with van der Waals surface area (Å²) in [6, 6.07) is 0. The summed E-state index contributed by atoms with van der Waals surface area (Å²) in [5.74, 6) is 1.65. The quantitative estimate of drug-likeness (QED) is 0.462. The number of hydrogen-bond donors (Lipinski definition) is 0. The van der Waals surface area contributed by atoms with Crippen LogP contribution in [0.15, 0.2) is 12.2 Å². The molecule has 1 heteroatoms. The van der Waals surface area contributed by atoms with Gasteiger partial charge in [0.2, 0.25) is 0 Å². The van der Waals surface area contributed by atoms with Crippen LogP contribution >= 0.6 is 15.9 Å². The van der Waals surface area contributed by atoms with Crippen LogP contribution in [0, 0.1) is 22.7 Å². The van der Waals surface area contributed by atoms with Gasteiger partial charge in [-0.05, 0) is 54.8 Å². The predicted octanol–water partition coefficient (Wildman–Crippen LogP) is 5.57. The number of hydrogen-bond acceptors (Lipinski definition) is 0. The molecule has 0 aromatic carbocycles. The molecule has 0 aromatic rings. The van der Waals surface area contributed by atoms with Crippen molar-refractivity contribution in [2.24, 2.45) is 22.7 Å². The van der Waals surface area contributed by atoms with Crippen LogP contribution in [0.2, 0.25) is 0 Å². The third-order valence-electron chi connectivity index (χ3n) is 5.72. The van der Waals surface area contributed by atoms with Gasteiger partial charge in [0.15, 0.2) is 0 Å². The fraction of sp³-hybridized carbons (Fsp3) is 0.875. The summed E-state index contributed by atoms with van der Waals surface area (Å²) in [6.45, 7) is 11.9. The number of halogens is 1. The van der Waals surface area contributed by atoms with Gasteiger partial charge in [-0.25, -0.2) is 0 Å². The molecule has 0 unspecified atom stereocenters. The SMILES string of the molecule is C=C1CC[C@H]2C(C)(C)CCC[C@]2(C)[C@H]1CCBr. The summed E-state index contributed by atoms with van der Waals surface area (Å²) in [4.78, 5) is 0. The standard InChI is InChI=1S/C16H27Br/c1-12-6-7-14-15(2,3)9-5-10-16(14,4)13(12)8-11-17/h13-14H,1,5-11H2,2-4H3/t13-,14-,16+/m0/s1. The first-order valence-electron chi connectivity index (χ1n) is 7.15. The third-order valence-corrected chi connectivity index (χ3v) is 6.17. The Morgan fingerprint density at radius 2 is 2.00 bits per heavy atom. The number of alkyl halides is 1. The van der Waals surface area contributed by atoms with E-state index < -0.39 is 0 Å². The van der Waals surface area contributed by atoms with Crippen molar-refractivity contribution in [2.45, 2.75) is 59.3 Å². The molecule has 0 nitrogen and oxygen atoms in total. The van der Waals surface area contributed by atoms with E-state index in [2.05, 4.69) is 43.3 Å². The van der Waals surface area contributed by atoms with Gasteiger partial charge in [0.1, 0.15) is 0 Å². The number of rotatable bonds is 2. The van der Waals surface area contributed by atoms with E-state index in [9.17, 15) is 0 Å². The van der Waals surface area contributed by atoms with Gasteiger partial charge in [0, 0.05) is 5.33 Å². The van der Waals surface area contributed by atoms with Crippen LogP contribution in [0.5, 0.6) is 0 Å². The molecule has 0 saturated heterocycles. The van der Waals surface area contributed by atoms with Gasteiger partial charge in [0.05, 0.1) is 0 Å². The fourth-order valence-corrected chi connectivity index (χ4v) is 5.37. The molecular formula is C16H27Br. The van der Waals surface area contributed by atoms with Gasteiger partial charge in [0.25, 0.3) is 0 Å². The minimum atomic E-state index is 0.519. The summed E-state index contributed by atoms with van der Waals surface area (Å²) in [6.07, 6.45) is 8.16. The average molecular weight is 299 g/mol.